The molecule has 1 fully saturated rings. The summed E-state index contributed by atoms with van der Waals surface area (Å²) in [7, 11) is -3.53. The van der Waals surface area contributed by atoms with E-state index in [9.17, 15) is 13.2 Å². The number of nitrogens with one attached hydrogen (secondary N) is 1. The highest BCUT2D eigenvalue weighted by Gasteiger charge is 2.26. The van der Waals surface area contributed by atoms with Crippen molar-refractivity contribution in [3.05, 3.63) is 65.7 Å². The lowest BCUT2D eigenvalue weighted by molar-refractivity contribution is 0.0730. The van der Waals surface area contributed by atoms with Gasteiger partial charge in [0.1, 0.15) is 0 Å². The molecule has 0 atom stereocenters. The molecule has 1 heterocycles. The van der Waals surface area contributed by atoms with E-state index in [4.69, 9.17) is 4.74 Å². The van der Waals surface area contributed by atoms with Gasteiger partial charge in [-0.25, -0.2) is 8.42 Å². The summed E-state index contributed by atoms with van der Waals surface area (Å²) in [6.07, 6.45) is 0. The third-order valence-electron chi connectivity index (χ3n) is 4.24. The SMILES string of the molecule is O=C(CNCc1ccccc1)c1ccc(S(=O)(=O)N2CCOCC2)cc1. The first kappa shape index (κ1) is 18.7. The van der Waals surface area contributed by atoms with Gasteiger partial charge in [-0.3, -0.25) is 4.79 Å². The van der Waals surface area contributed by atoms with E-state index < -0.39 is 10.0 Å². The molecule has 3 rings (SSSR count). The molecule has 0 radical (unpaired) electrons. The molecule has 138 valence electrons. The highest BCUT2D eigenvalue weighted by molar-refractivity contribution is 7.89. The van der Waals surface area contributed by atoms with Crippen LogP contribution in [0, 0.1) is 0 Å². The molecule has 0 aromatic heterocycles. The van der Waals surface area contributed by atoms with Crippen molar-refractivity contribution >= 4 is 15.8 Å². The maximum absolute atomic E-state index is 12.6. The number of hydrogen-bond donors (Lipinski definition) is 1. The zero-order valence-electron chi connectivity index (χ0n) is 14.4. The van der Waals surface area contributed by atoms with Crippen LogP contribution in [0.15, 0.2) is 59.5 Å². The number of benzene rings is 2. The van der Waals surface area contributed by atoms with Crippen LogP contribution >= 0.6 is 0 Å². The molecule has 6 nitrogen and oxygen atoms in total. The highest BCUT2D eigenvalue weighted by Crippen LogP contribution is 2.17. The fourth-order valence-electron chi connectivity index (χ4n) is 2.77. The zero-order valence-corrected chi connectivity index (χ0v) is 15.2. The van der Waals surface area contributed by atoms with Crippen molar-refractivity contribution in [1.82, 2.24) is 9.62 Å². The first-order valence-corrected chi connectivity index (χ1v) is 9.97. The average molecular weight is 374 g/mol. The normalized spacial score (nSPS) is 15.7. The van der Waals surface area contributed by atoms with Gasteiger partial charge in [0.25, 0.3) is 0 Å². The average Bonchev–Trinajstić information content (AvgIpc) is 2.69. The molecule has 0 bridgehead atoms. The Hall–Kier alpha value is -2.06. The van der Waals surface area contributed by atoms with Crippen molar-refractivity contribution in [2.45, 2.75) is 11.4 Å². The van der Waals surface area contributed by atoms with E-state index in [0.717, 1.165) is 5.56 Å². The topological polar surface area (TPSA) is 75.7 Å². The molecule has 0 unspecified atom stereocenters. The molecule has 1 saturated heterocycles. The van der Waals surface area contributed by atoms with Crippen LogP contribution < -0.4 is 5.32 Å². The summed E-state index contributed by atoms with van der Waals surface area (Å²) in [4.78, 5) is 12.5. The van der Waals surface area contributed by atoms with E-state index in [1.165, 1.54) is 16.4 Å². The van der Waals surface area contributed by atoms with Gasteiger partial charge in [-0.15, -0.1) is 0 Å². The molecule has 0 saturated carbocycles. The smallest absolute Gasteiger partial charge is 0.243 e. The van der Waals surface area contributed by atoms with Gasteiger partial charge in [0.15, 0.2) is 5.78 Å². The minimum absolute atomic E-state index is 0.0729. The Kier molecular flexibility index (Phi) is 6.16. The van der Waals surface area contributed by atoms with Crippen molar-refractivity contribution in [3.8, 4) is 0 Å². The second-order valence-electron chi connectivity index (χ2n) is 6.05. The summed E-state index contributed by atoms with van der Waals surface area (Å²) in [5, 5.41) is 3.11. The third kappa shape index (κ3) is 4.56. The summed E-state index contributed by atoms with van der Waals surface area (Å²) in [6, 6.07) is 16.0. The molecule has 26 heavy (non-hydrogen) atoms. The number of ketones is 1. The van der Waals surface area contributed by atoms with Gasteiger partial charge in [0, 0.05) is 25.2 Å². The van der Waals surface area contributed by atoms with Gasteiger partial charge in [0.05, 0.1) is 24.7 Å². The third-order valence-corrected chi connectivity index (χ3v) is 6.15. The number of sulfonamides is 1. The molecular formula is C19H22N2O4S. The molecule has 1 N–H and O–H groups in total. The van der Waals surface area contributed by atoms with E-state index in [1.807, 2.05) is 30.3 Å². The summed E-state index contributed by atoms with van der Waals surface area (Å²) >= 11 is 0. The monoisotopic (exact) mass is 374 g/mol. The molecule has 1 aliphatic heterocycles. The summed E-state index contributed by atoms with van der Waals surface area (Å²) in [6.45, 7) is 2.32. The lowest BCUT2D eigenvalue weighted by Crippen LogP contribution is -2.40. The summed E-state index contributed by atoms with van der Waals surface area (Å²) in [5.41, 5.74) is 1.60. The van der Waals surface area contributed by atoms with Gasteiger partial charge in [-0.05, 0) is 17.7 Å². The first-order valence-electron chi connectivity index (χ1n) is 8.53. The van der Waals surface area contributed by atoms with E-state index in [-0.39, 0.29) is 17.2 Å². The standard InChI is InChI=1S/C19H22N2O4S/c22-19(15-20-14-16-4-2-1-3-5-16)17-6-8-18(9-7-17)26(23,24)21-10-12-25-13-11-21/h1-9,20H,10-15H2. The first-order chi connectivity index (χ1) is 12.6. The molecule has 1 aliphatic rings. The van der Waals surface area contributed by atoms with Crippen LogP contribution in [0.5, 0.6) is 0 Å². The number of morpholine rings is 1. The van der Waals surface area contributed by atoms with E-state index in [0.29, 0.717) is 38.4 Å². The summed E-state index contributed by atoms with van der Waals surface area (Å²) < 4.78 is 31.7. The van der Waals surface area contributed by atoms with Crippen molar-refractivity contribution < 1.29 is 17.9 Å². The fourth-order valence-corrected chi connectivity index (χ4v) is 4.18. The maximum atomic E-state index is 12.6. The van der Waals surface area contributed by atoms with E-state index in [1.54, 1.807) is 12.1 Å². The van der Waals surface area contributed by atoms with Crippen molar-refractivity contribution in [1.29, 1.82) is 0 Å². The number of hydrogen-bond acceptors (Lipinski definition) is 5. The number of carbonyl (C=O) groups excluding carboxylic acids is 1. The Morgan fingerprint density at radius 1 is 1.00 bits per heavy atom. The molecule has 0 amide bonds. The van der Waals surface area contributed by atoms with Crippen LogP contribution in [0.25, 0.3) is 0 Å². The van der Waals surface area contributed by atoms with Crippen LogP contribution in [-0.2, 0) is 21.3 Å². The van der Waals surface area contributed by atoms with E-state index in [2.05, 4.69) is 5.32 Å². The number of Topliss-reactive ketones (excluding diaryl/α,β-unsaturated/α-hetero) is 1. The van der Waals surface area contributed by atoms with Gasteiger partial charge >= 0.3 is 0 Å². The number of rotatable bonds is 7. The van der Waals surface area contributed by atoms with Crippen LogP contribution in [0.3, 0.4) is 0 Å². The molecule has 7 heteroatoms. The Balaban J connectivity index is 1.59. The minimum atomic E-state index is -3.53. The fraction of sp³-hybridized carbons (Fsp3) is 0.316. The Morgan fingerprint density at radius 3 is 2.31 bits per heavy atom. The van der Waals surface area contributed by atoms with Crippen LogP contribution in [0.2, 0.25) is 0 Å². The molecule has 0 spiro atoms. The van der Waals surface area contributed by atoms with Gasteiger partial charge in [-0.2, -0.15) is 4.31 Å². The Labute approximate surface area is 153 Å². The lowest BCUT2D eigenvalue weighted by atomic mass is 10.1. The Bertz CT molecular complexity index is 830. The zero-order chi connectivity index (χ0) is 18.4. The van der Waals surface area contributed by atoms with Gasteiger partial charge in [-0.1, -0.05) is 42.5 Å². The van der Waals surface area contributed by atoms with E-state index >= 15 is 0 Å². The van der Waals surface area contributed by atoms with Crippen molar-refractivity contribution in [2.75, 3.05) is 32.8 Å². The number of nitrogens with zero attached hydrogens (tertiary/aromatic N) is 1. The molecular weight excluding hydrogens is 352 g/mol. The second-order valence-corrected chi connectivity index (χ2v) is 7.99. The van der Waals surface area contributed by atoms with Crippen molar-refractivity contribution in [2.24, 2.45) is 0 Å². The van der Waals surface area contributed by atoms with Crippen molar-refractivity contribution in [3.63, 3.8) is 0 Å². The number of ether oxygens (including phenoxy) is 1. The summed E-state index contributed by atoms with van der Waals surface area (Å²) in [5.74, 6) is -0.0729. The molecule has 0 aliphatic carbocycles. The lowest BCUT2D eigenvalue weighted by Gasteiger charge is -2.26. The predicted octanol–water partition coefficient (Wildman–Crippen LogP) is 1.68. The van der Waals surface area contributed by atoms with Gasteiger partial charge < -0.3 is 10.1 Å². The maximum Gasteiger partial charge on any atom is 0.243 e. The van der Waals surface area contributed by atoms with Crippen LogP contribution in [0.4, 0.5) is 0 Å². The van der Waals surface area contributed by atoms with Crippen LogP contribution in [-0.4, -0.2) is 51.4 Å². The molecule has 2 aromatic carbocycles. The highest BCUT2D eigenvalue weighted by atomic mass is 32.2. The number of carbonyl (C=O) groups is 1. The van der Waals surface area contributed by atoms with Crippen LogP contribution in [0.1, 0.15) is 15.9 Å². The quantitative estimate of drug-likeness (QED) is 0.747. The Morgan fingerprint density at radius 2 is 1.65 bits per heavy atom. The van der Waals surface area contributed by atoms with Gasteiger partial charge in [0.2, 0.25) is 10.0 Å². The largest absolute Gasteiger partial charge is 0.379 e. The predicted molar refractivity (Wildman–Crippen MR) is 98.5 cm³/mol. The minimum Gasteiger partial charge on any atom is -0.379 e. The second kappa shape index (κ2) is 8.55. The molecule has 2 aromatic rings.